The molecule has 0 aliphatic carbocycles. The third-order valence-corrected chi connectivity index (χ3v) is 1.87. The average Bonchev–Trinajstić information content (AvgIpc) is 1.99. The molecule has 13 heavy (non-hydrogen) atoms. The molecule has 0 rings (SSSR count). The Balaban J connectivity index is 4.22. The van der Waals surface area contributed by atoms with Crippen LogP contribution in [0.4, 0.5) is 0 Å². The van der Waals surface area contributed by atoms with Gasteiger partial charge in [-0.1, -0.05) is 0 Å². The molecule has 1 atom stereocenters. The normalized spacial score (nSPS) is 13.0. The number of likely N-dealkylation sites (N-methyl/N-ethyl adjacent to an activating group) is 1. The van der Waals surface area contributed by atoms with Crippen molar-refractivity contribution in [2.45, 2.75) is 26.3 Å². The second-order valence-electron chi connectivity index (χ2n) is 3.59. The molecule has 74 valence electrons. The molecule has 1 N–H and O–H groups in total. The molecule has 1 unspecified atom stereocenters. The predicted octanol–water partition coefficient (Wildman–Crippen LogP) is 0.425. The molecule has 5 heteroatoms. The monoisotopic (exact) mass is 185 g/mol. The number of aliphatic carboxylic acids is 1. The van der Waals surface area contributed by atoms with Gasteiger partial charge in [0.05, 0.1) is 0 Å². The first kappa shape index (κ1) is 12.3. The van der Waals surface area contributed by atoms with Crippen molar-refractivity contribution in [1.82, 2.24) is 4.90 Å². The molecule has 0 saturated carbocycles. The first-order valence-corrected chi connectivity index (χ1v) is 4.35. The summed E-state index contributed by atoms with van der Waals surface area (Å²) in [5.74, 6) is -0.548. The molecule has 4 nitrogen and oxygen atoms in total. The van der Waals surface area contributed by atoms with Gasteiger partial charge in [-0.05, 0) is 0 Å². The van der Waals surface area contributed by atoms with Gasteiger partial charge >= 0.3 is 78.3 Å². The van der Waals surface area contributed by atoms with Crippen LogP contribution in [0, 0.1) is 5.92 Å². The van der Waals surface area contributed by atoms with Crippen LogP contribution < -0.4 is 0 Å². The van der Waals surface area contributed by atoms with Crippen molar-refractivity contribution in [2.24, 2.45) is 5.92 Å². The summed E-state index contributed by atoms with van der Waals surface area (Å²) in [7, 11) is 2.37. The van der Waals surface area contributed by atoms with Gasteiger partial charge in [0.1, 0.15) is 0 Å². The Hall–Kier alpha value is -0.705. The molecular weight excluding hydrogens is 169 g/mol. The van der Waals surface area contributed by atoms with Gasteiger partial charge in [-0.2, -0.15) is 0 Å². The number of carboxylic acid groups (broad SMARTS) is 1. The van der Waals surface area contributed by atoms with Crippen molar-refractivity contribution in [3.05, 3.63) is 0 Å². The SMILES string of the molecule is CC(C)CC(C(=O)O)N(C)CB=O. The predicted molar refractivity (Wildman–Crippen MR) is 49.9 cm³/mol. The molecule has 0 spiro atoms. The Bertz CT molecular complexity index is 184. The molecule has 0 aromatic heterocycles. The summed E-state index contributed by atoms with van der Waals surface area (Å²) in [6.07, 6.45) is 0.739. The summed E-state index contributed by atoms with van der Waals surface area (Å²) in [6.45, 7) is 3.93. The van der Waals surface area contributed by atoms with E-state index in [0.717, 1.165) is 7.15 Å². The minimum atomic E-state index is -0.863. The second kappa shape index (κ2) is 5.86. The van der Waals surface area contributed by atoms with Crippen molar-refractivity contribution in [2.75, 3.05) is 13.5 Å². The first-order valence-electron chi connectivity index (χ1n) is 4.35. The molecule has 0 amide bonds. The Morgan fingerprint density at radius 1 is 1.54 bits per heavy atom. The molecule has 0 radical (unpaired) electrons. The fourth-order valence-electron chi connectivity index (χ4n) is 1.16. The molecule has 0 saturated heterocycles. The van der Waals surface area contributed by atoms with E-state index in [2.05, 4.69) is 0 Å². The second-order valence-corrected chi connectivity index (χ2v) is 3.59. The number of nitrogens with zero attached hydrogens (tertiary/aromatic N) is 1. The summed E-state index contributed by atoms with van der Waals surface area (Å²) < 4.78 is 10.2. The summed E-state index contributed by atoms with van der Waals surface area (Å²) >= 11 is 0. The molecule has 0 aromatic carbocycles. The van der Waals surface area contributed by atoms with Gasteiger partial charge in [-0.3, -0.25) is 0 Å². The van der Waals surface area contributed by atoms with Crippen LogP contribution >= 0.6 is 0 Å². The number of hydrogen-bond donors (Lipinski definition) is 1. The van der Waals surface area contributed by atoms with Crippen molar-refractivity contribution in [3.8, 4) is 0 Å². The fraction of sp³-hybridized carbons (Fsp3) is 0.875. The van der Waals surface area contributed by atoms with Crippen LogP contribution in [-0.4, -0.2) is 42.7 Å². The average molecular weight is 185 g/mol. The zero-order valence-electron chi connectivity index (χ0n) is 8.36. The Morgan fingerprint density at radius 2 is 2.08 bits per heavy atom. The van der Waals surface area contributed by atoms with Gasteiger partial charge in [0.2, 0.25) is 0 Å². The van der Waals surface area contributed by atoms with Gasteiger partial charge in [-0.25, -0.2) is 0 Å². The van der Waals surface area contributed by atoms with Crippen LogP contribution in [0.25, 0.3) is 0 Å². The van der Waals surface area contributed by atoms with E-state index in [0.29, 0.717) is 12.3 Å². The molecule has 0 fully saturated rings. The third kappa shape index (κ3) is 4.78. The van der Waals surface area contributed by atoms with E-state index in [4.69, 9.17) is 5.11 Å². The van der Waals surface area contributed by atoms with Gasteiger partial charge in [0.25, 0.3) is 0 Å². The van der Waals surface area contributed by atoms with E-state index in [-0.39, 0.29) is 6.44 Å². The van der Waals surface area contributed by atoms with Crippen molar-refractivity contribution >= 4 is 13.1 Å². The third-order valence-electron chi connectivity index (χ3n) is 1.87. The number of carbonyl (C=O) groups is 1. The molecular formula is C8H16BNO3. The van der Waals surface area contributed by atoms with Gasteiger partial charge in [0, 0.05) is 0 Å². The molecule has 0 aliphatic rings. The van der Waals surface area contributed by atoms with E-state index >= 15 is 0 Å². The van der Waals surface area contributed by atoms with Crippen molar-refractivity contribution in [1.29, 1.82) is 0 Å². The van der Waals surface area contributed by atoms with Gasteiger partial charge < -0.3 is 0 Å². The summed E-state index contributed by atoms with van der Waals surface area (Å²) in [4.78, 5) is 12.3. The molecule has 0 heterocycles. The zero-order chi connectivity index (χ0) is 10.4. The molecule has 0 aromatic rings. The fourth-order valence-corrected chi connectivity index (χ4v) is 1.16. The maximum atomic E-state index is 10.8. The van der Waals surface area contributed by atoms with Crippen LogP contribution in [0.3, 0.4) is 0 Å². The summed E-state index contributed by atoms with van der Waals surface area (Å²) in [5.41, 5.74) is 0. The van der Waals surface area contributed by atoms with Crippen LogP contribution in [0.1, 0.15) is 20.3 Å². The summed E-state index contributed by atoms with van der Waals surface area (Å²) in [5, 5.41) is 8.86. The van der Waals surface area contributed by atoms with E-state index < -0.39 is 12.0 Å². The Labute approximate surface area is 79.2 Å². The van der Waals surface area contributed by atoms with E-state index in [1.807, 2.05) is 13.8 Å². The summed E-state index contributed by atoms with van der Waals surface area (Å²) in [6, 6.07) is -0.551. The van der Waals surface area contributed by atoms with Crippen molar-refractivity contribution < 1.29 is 14.6 Å². The van der Waals surface area contributed by atoms with Crippen LogP contribution in [-0.2, 0) is 9.50 Å². The van der Waals surface area contributed by atoms with Crippen LogP contribution in [0.5, 0.6) is 0 Å². The first-order chi connectivity index (χ1) is 5.99. The zero-order valence-corrected chi connectivity index (χ0v) is 8.36. The van der Waals surface area contributed by atoms with Crippen molar-refractivity contribution in [3.63, 3.8) is 0 Å². The maximum absolute atomic E-state index is 10.8. The number of hydrogen-bond acceptors (Lipinski definition) is 3. The number of carboxylic acids is 1. The van der Waals surface area contributed by atoms with E-state index in [1.54, 1.807) is 11.9 Å². The van der Waals surface area contributed by atoms with Gasteiger partial charge in [-0.15, -0.1) is 0 Å². The van der Waals surface area contributed by atoms with Crippen LogP contribution in [0.15, 0.2) is 0 Å². The quantitative estimate of drug-likeness (QED) is 0.609. The minimum absolute atomic E-state index is 0.170. The van der Waals surface area contributed by atoms with E-state index in [9.17, 15) is 9.50 Å². The topological polar surface area (TPSA) is 57.6 Å². The Kier molecular flexibility index (Phi) is 5.54. The van der Waals surface area contributed by atoms with Gasteiger partial charge in [0.15, 0.2) is 0 Å². The molecule has 0 bridgehead atoms. The standard InChI is InChI=1S/C8H16BNO3/c1-6(2)4-7(8(11)12)10(3)5-9-13/h6-7H,4-5H2,1-3H3,(H,11,12). The Morgan fingerprint density at radius 3 is 2.38 bits per heavy atom. The molecule has 0 aliphatic heterocycles. The van der Waals surface area contributed by atoms with Crippen LogP contribution in [0.2, 0.25) is 0 Å². The van der Waals surface area contributed by atoms with E-state index in [1.165, 1.54) is 0 Å². The number of rotatable bonds is 6.